The summed E-state index contributed by atoms with van der Waals surface area (Å²) in [6.07, 6.45) is 5.94. The Bertz CT molecular complexity index is 854. The number of hydrogen-bond acceptors (Lipinski definition) is 5. The van der Waals surface area contributed by atoms with E-state index in [2.05, 4.69) is 10.3 Å². The van der Waals surface area contributed by atoms with E-state index in [0.717, 1.165) is 5.56 Å². The topological polar surface area (TPSA) is 95.8 Å². The Morgan fingerprint density at radius 1 is 1.04 bits per heavy atom. The molecular weight excluding hydrogens is 360 g/mol. The summed E-state index contributed by atoms with van der Waals surface area (Å²) in [6.45, 7) is 2.08. The van der Waals surface area contributed by atoms with Crippen LogP contribution in [0.15, 0.2) is 47.3 Å². The SMILES string of the molecule is O=C(c1ccco1)N1CCN(C(=O)C2(C(=O)NCc3ccncc3)CC2)CC1. The first-order chi connectivity index (χ1) is 13.6. The molecule has 3 heterocycles. The highest BCUT2D eigenvalue weighted by Gasteiger charge is 2.58. The van der Waals surface area contributed by atoms with E-state index in [9.17, 15) is 14.4 Å². The highest BCUT2D eigenvalue weighted by atomic mass is 16.3. The second kappa shape index (κ2) is 7.46. The number of amides is 3. The molecule has 1 aliphatic carbocycles. The molecule has 2 aromatic rings. The van der Waals surface area contributed by atoms with Crippen LogP contribution in [0.1, 0.15) is 29.0 Å². The van der Waals surface area contributed by atoms with Crippen LogP contribution in [0.4, 0.5) is 0 Å². The predicted molar refractivity (Wildman–Crippen MR) is 98.9 cm³/mol. The normalized spacial score (nSPS) is 17.9. The molecular formula is C20H22N4O4. The Kier molecular flexibility index (Phi) is 4.85. The van der Waals surface area contributed by atoms with Gasteiger partial charge >= 0.3 is 0 Å². The van der Waals surface area contributed by atoms with Crippen molar-refractivity contribution in [1.82, 2.24) is 20.1 Å². The predicted octanol–water partition coefficient (Wildman–Crippen LogP) is 1.06. The molecule has 1 saturated heterocycles. The number of furan rings is 1. The Hall–Kier alpha value is -3.16. The Balaban J connectivity index is 1.32. The van der Waals surface area contributed by atoms with Crippen molar-refractivity contribution in [2.45, 2.75) is 19.4 Å². The van der Waals surface area contributed by atoms with Crippen LogP contribution >= 0.6 is 0 Å². The fourth-order valence-electron chi connectivity index (χ4n) is 3.49. The van der Waals surface area contributed by atoms with Gasteiger partial charge in [-0.05, 0) is 42.7 Å². The average molecular weight is 382 g/mol. The third kappa shape index (κ3) is 3.49. The summed E-state index contributed by atoms with van der Waals surface area (Å²) in [7, 11) is 0. The first-order valence-corrected chi connectivity index (χ1v) is 9.39. The molecule has 3 amide bonds. The van der Waals surface area contributed by atoms with Crippen LogP contribution in [-0.4, -0.2) is 58.7 Å². The van der Waals surface area contributed by atoms with Gasteiger partial charge in [-0.2, -0.15) is 0 Å². The van der Waals surface area contributed by atoms with E-state index in [4.69, 9.17) is 4.42 Å². The zero-order valence-corrected chi connectivity index (χ0v) is 15.5. The lowest BCUT2D eigenvalue weighted by atomic mass is 10.0. The summed E-state index contributed by atoms with van der Waals surface area (Å²) in [4.78, 5) is 45.3. The van der Waals surface area contributed by atoms with Crippen LogP contribution in [-0.2, 0) is 16.1 Å². The van der Waals surface area contributed by atoms with Gasteiger partial charge in [-0.3, -0.25) is 19.4 Å². The van der Waals surface area contributed by atoms with Crippen LogP contribution < -0.4 is 5.32 Å². The van der Waals surface area contributed by atoms with Crippen LogP contribution in [0.5, 0.6) is 0 Å². The average Bonchev–Trinajstić information content (AvgIpc) is 3.38. The van der Waals surface area contributed by atoms with Crippen molar-refractivity contribution in [3.05, 3.63) is 54.2 Å². The second-order valence-electron chi connectivity index (χ2n) is 7.18. The van der Waals surface area contributed by atoms with E-state index in [1.165, 1.54) is 6.26 Å². The number of nitrogens with one attached hydrogen (secondary N) is 1. The summed E-state index contributed by atoms with van der Waals surface area (Å²) in [5.41, 5.74) is -0.00288. The Morgan fingerprint density at radius 2 is 1.71 bits per heavy atom. The smallest absolute Gasteiger partial charge is 0.289 e. The molecule has 0 atom stereocenters. The largest absolute Gasteiger partial charge is 0.459 e. The quantitative estimate of drug-likeness (QED) is 0.780. The lowest BCUT2D eigenvalue weighted by Gasteiger charge is -2.36. The van der Waals surface area contributed by atoms with Gasteiger partial charge in [-0.25, -0.2) is 0 Å². The lowest BCUT2D eigenvalue weighted by Crippen LogP contribution is -2.54. The first-order valence-electron chi connectivity index (χ1n) is 9.39. The summed E-state index contributed by atoms with van der Waals surface area (Å²) >= 11 is 0. The molecule has 0 bridgehead atoms. The van der Waals surface area contributed by atoms with Crippen LogP contribution in [0.3, 0.4) is 0 Å². The van der Waals surface area contributed by atoms with Gasteiger partial charge in [0.15, 0.2) is 5.76 Å². The fourth-order valence-corrected chi connectivity index (χ4v) is 3.49. The van der Waals surface area contributed by atoms with Crippen molar-refractivity contribution in [2.75, 3.05) is 26.2 Å². The van der Waals surface area contributed by atoms with Crippen molar-refractivity contribution < 1.29 is 18.8 Å². The van der Waals surface area contributed by atoms with Gasteiger partial charge in [0.2, 0.25) is 11.8 Å². The second-order valence-corrected chi connectivity index (χ2v) is 7.18. The minimum Gasteiger partial charge on any atom is -0.459 e. The molecule has 1 N–H and O–H groups in total. The van der Waals surface area contributed by atoms with Crippen LogP contribution in [0, 0.1) is 5.41 Å². The summed E-state index contributed by atoms with van der Waals surface area (Å²) in [5, 5.41) is 2.88. The number of piperazine rings is 1. The monoisotopic (exact) mass is 382 g/mol. The van der Waals surface area contributed by atoms with Crippen LogP contribution in [0.25, 0.3) is 0 Å². The highest BCUT2D eigenvalue weighted by molar-refractivity contribution is 6.08. The molecule has 0 unspecified atom stereocenters. The lowest BCUT2D eigenvalue weighted by molar-refractivity contribution is -0.145. The Labute approximate surface area is 162 Å². The first kappa shape index (κ1) is 18.2. The third-order valence-corrected chi connectivity index (χ3v) is 5.38. The van der Waals surface area contributed by atoms with Crippen LogP contribution in [0.2, 0.25) is 0 Å². The van der Waals surface area contributed by atoms with Crippen molar-refractivity contribution in [1.29, 1.82) is 0 Å². The molecule has 8 heteroatoms. The number of nitrogens with zero attached hydrogens (tertiary/aromatic N) is 3. The third-order valence-electron chi connectivity index (χ3n) is 5.38. The molecule has 1 saturated carbocycles. The molecule has 4 rings (SSSR count). The van der Waals surface area contributed by atoms with Gasteiger partial charge in [0, 0.05) is 45.1 Å². The maximum absolute atomic E-state index is 13.0. The zero-order valence-electron chi connectivity index (χ0n) is 15.5. The number of rotatable bonds is 5. The van der Waals surface area contributed by atoms with E-state index in [1.807, 2.05) is 12.1 Å². The highest BCUT2D eigenvalue weighted by Crippen LogP contribution is 2.47. The minimum atomic E-state index is -0.944. The molecule has 1 aliphatic heterocycles. The van der Waals surface area contributed by atoms with E-state index in [-0.39, 0.29) is 17.7 Å². The maximum Gasteiger partial charge on any atom is 0.289 e. The zero-order chi connectivity index (χ0) is 19.6. The van der Waals surface area contributed by atoms with Crippen molar-refractivity contribution in [3.8, 4) is 0 Å². The van der Waals surface area contributed by atoms with Gasteiger partial charge in [0.05, 0.1) is 6.26 Å². The molecule has 0 spiro atoms. The van der Waals surface area contributed by atoms with Gasteiger partial charge in [-0.1, -0.05) is 0 Å². The van der Waals surface area contributed by atoms with E-state index < -0.39 is 5.41 Å². The van der Waals surface area contributed by atoms with Crippen molar-refractivity contribution >= 4 is 17.7 Å². The molecule has 2 aromatic heterocycles. The maximum atomic E-state index is 13.0. The van der Waals surface area contributed by atoms with Crippen molar-refractivity contribution in [3.63, 3.8) is 0 Å². The van der Waals surface area contributed by atoms with Crippen molar-refractivity contribution in [2.24, 2.45) is 5.41 Å². The van der Waals surface area contributed by atoms with Gasteiger partial charge in [0.1, 0.15) is 5.41 Å². The van der Waals surface area contributed by atoms with E-state index in [0.29, 0.717) is 51.3 Å². The van der Waals surface area contributed by atoms with Gasteiger partial charge in [-0.15, -0.1) is 0 Å². The molecule has 146 valence electrons. The summed E-state index contributed by atoms with van der Waals surface area (Å²) in [6, 6.07) is 6.97. The molecule has 0 radical (unpaired) electrons. The number of aromatic nitrogens is 1. The molecule has 2 fully saturated rings. The Morgan fingerprint density at radius 3 is 2.32 bits per heavy atom. The summed E-state index contributed by atoms with van der Waals surface area (Å²) in [5.74, 6) is -0.226. The standard InChI is InChI=1S/C20H22N4O4/c25-17(16-2-1-13-28-16)23-9-11-24(12-10-23)19(27)20(5-6-20)18(26)22-14-15-3-7-21-8-4-15/h1-4,7-8,13H,5-6,9-12,14H2,(H,22,26). The number of carbonyl (C=O) groups excluding carboxylic acids is 3. The number of carbonyl (C=O) groups is 3. The van der Waals surface area contributed by atoms with E-state index >= 15 is 0 Å². The van der Waals surface area contributed by atoms with Gasteiger partial charge < -0.3 is 19.5 Å². The number of hydrogen-bond donors (Lipinski definition) is 1. The summed E-state index contributed by atoms with van der Waals surface area (Å²) < 4.78 is 5.15. The van der Waals surface area contributed by atoms with Gasteiger partial charge in [0.25, 0.3) is 5.91 Å². The molecule has 0 aromatic carbocycles. The minimum absolute atomic E-state index is 0.134. The molecule has 8 nitrogen and oxygen atoms in total. The molecule has 2 aliphatic rings. The number of pyridine rings is 1. The fraction of sp³-hybridized carbons (Fsp3) is 0.400. The van der Waals surface area contributed by atoms with E-state index in [1.54, 1.807) is 34.3 Å². The molecule has 28 heavy (non-hydrogen) atoms.